The lowest BCUT2D eigenvalue weighted by Crippen LogP contribution is -2.49. The molecule has 104 valence electrons. The van der Waals surface area contributed by atoms with Gasteiger partial charge in [-0.2, -0.15) is 0 Å². The van der Waals surface area contributed by atoms with Crippen LogP contribution in [0.2, 0.25) is 0 Å². The molecule has 2 aliphatic rings. The lowest BCUT2D eigenvalue weighted by atomic mass is 9.96. The lowest BCUT2D eigenvalue weighted by molar-refractivity contribution is -0.0740. The van der Waals surface area contributed by atoms with E-state index in [4.69, 9.17) is 4.74 Å². The van der Waals surface area contributed by atoms with Crippen LogP contribution in [0.5, 0.6) is 0 Å². The van der Waals surface area contributed by atoms with Gasteiger partial charge in [0.25, 0.3) is 0 Å². The van der Waals surface area contributed by atoms with E-state index in [1.165, 1.54) is 24.0 Å². The van der Waals surface area contributed by atoms with E-state index in [0.29, 0.717) is 6.04 Å². The minimum Gasteiger partial charge on any atom is -0.374 e. The van der Waals surface area contributed by atoms with Gasteiger partial charge >= 0.3 is 0 Å². The molecule has 1 aromatic carbocycles. The minimum absolute atomic E-state index is 0.265. The number of aryl methyl sites for hydroxylation is 1. The van der Waals surface area contributed by atoms with Gasteiger partial charge in [-0.25, -0.2) is 0 Å². The zero-order chi connectivity index (χ0) is 13.2. The molecule has 2 fully saturated rings. The summed E-state index contributed by atoms with van der Waals surface area (Å²) in [4.78, 5) is 2.67. The van der Waals surface area contributed by atoms with Crippen molar-refractivity contribution in [3.63, 3.8) is 0 Å². The van der Waals surface area contributed by atoms with Gasteiger partial charge in [-0.3, -0.25) is 4.90 Å². The summed E-state index contributed by atoms with van der Waals surface area (Å²) in [7, 11) is 2.01. The van der Waals surface area contributed by atoms with Crippen molar-refractivity contribution in [1.82, 2.24) is 10.2 Å². The summed E-state index contributed by atoms with van der Waals surface area (Å²) in [6.07, 6.45) is 2.98. The van der Waals surface area contributed by atoms with Gasteiger partial charge in [0.1, 0.15) is 0 Å². The molecule has 1 N–H and O–H groups in total. The number of likely N-dealkylation sites (N-methyl/N-ethyl adjacent to an activating group) is 1. The van der Waals surface area contributed by atoms with Gasteiger partial charge in [-0.05, 0) is 32.4 Å². The maximum Gasteiger partial charge on any atom is 0.0896 e. The number of ether oxygens (including phenoxy) is 1. The predicted molar refractivity (Wildman–Crippen MR) is 77.3 cm³/mol. The largest absolute Gasteiger partial charge is 0.374 e. The van der Waals surface area contributed by atoms with Crippen LogP contribution in [0.4, 0.5) is 0 Å². The number of hydrogen-bond acceptors (Lipinski definition) is 3. The molecule has 0 aromatic heterocycles. The van der Waals surface area contributed by atoms with E-state index in [2.05, 4.69) is 41.4 Å². The van der Waals surface area contributed by atoms with Crippen LogP contribution in [0.3, 0.4) is 0 Å². The summed E-state index contributed by atoms with van der Waals surface area (Å²) in [6.45, 7) is 5.03. The second-order valence-corrected chi connectivity index (χ2v) is 5.79. The molecule has 1 saturated heterocycles. The number of morpholine rings is 1. The van der Waals surface area contributed by atoms with Gasteiger partial charge < -0.3 is 10.1 Å². The summed E-state index contributed by atoms with van der Waals surface area (Å²) in [6, 6.07) is 10.1. The Morgan fingerprint density at radius 1 is 1.37 bits per heavy atom. The third-order valence-electron chi connectivity index (χ3n) is 4.20. The molecule has 2 unspecified atom stereocenters. The molecule has 3 nitrogen and oxygen atoms in total. The average Bonchev–Trinajstić information content (AvgIpc) is 3.23. The van der Waals surface area contributed by atoms with E-state index in [9.17, 15) is 0 Å². The first-order chi connectivity index (χ1) is 9.29. The van der Waals surface area contributed by atoms with Crippen LogP contribution in [-0.2, 0) is 4.74 Å². The summed E-state index contributed by atoms with van der Waals surface area (Å²) in [5.41, 5.74) is 2.74. The minimum atomic E-state index is 0.265. The molecule has 0 bridgehead atoms. The van der Waals surface area contributed by atoms with Crippen LogP contribution in [-0.4, -0.2) is 43.8 Å². The van der Waals surface area contributed by atoms with Crippen molar-refractivity contribution in [3.05, 3.63) is 35.4 Å². The Labute approximate surface area is 115 Å². The zero-order valence-electron chi connectivity index (χ0n) is 11.9. The molecule has 19 heavy (non-hydrogen) atoms. The second-order valence-electron chi connectivity index (χ2n) is 5.79. The lowest BCUT2D eigenvalue weighted by Gasteiger charge is -2.42. The first-order valence-electron chi connectivity index (χ1n) is 7.38. The maximum absolute atomic E-state index is 6.03. The van der Waals surface area contributed by atoms with E-state index in [0.717, 1.165) is 25.7 Å². The van der Waals surface area contributed by atoms with Crippen molar-refractivity contribution in [1.29, 1.82) is 0 Å². The number of hydrogen-bond donors (Lipinski definition) is 1. The molecule has 3 rings (SSSR count). The summed E-state index contributed by atoms with van der Waals surface area (Å²) in [5, 5.41) is 3.28. The highest BCUT2D eigenvalue weighted by Gasteiger charge is 2.40. The number of nitrogens with zero attached hydrogens (tertiary/aromatic N) is 1. The van der Waals surface area contributed by atoms with E-state index < -0.39 is 0 Å². The molecule has 1 heterocycles. The molecule has 0 radical (unpaired) electrons. The topological polar surface area (TPSA) is 24.5 Å². The quantitative estimate of drug-likeness (QED) is 0.897. The molecule has 1 aliphatic carbocycles. The highest BCUT2D eigenvalue weighted by molar-refractivity contribution is 5.27. The standard InChI is InChI=1S/C16H24N2O/c1-12-4-3-5-13(10-12)16-15(11-17-2)19-9-8-18(16)14-6-7-14/h3-5,10,14-17H,6-9,11H2,1-2H3. The van der Waals surface area contributed by atoms with Crippen molar-refractivity contribution in [2.45, 2.75) is 38.0 Å². The number of rotatable bonds is 4. The van der Waals surface area contributed by atoms with Crippen molar-refractivity contribution < 1.29 is 4.74 Å². The van der Waals surface area contributed by atoms with Gasteiger partial charge in [-0.1, -0.05) is 29.8 Å². The molecule has 0 spiro atoms. The molecule has 1 aliphatic heterocycles. The molecule has 0 amide bonds. The van der Waals surface area contributed by atoms with E-state index in [-0.39, 0.29) is 6.10 Å². The Hall–Kier alpha value is -0.900. The predicted octanol–water partition coefficient (Wildman–Crippen LogP) is 2.12. The first kappa shape index (κ1) is 13.1. The Morgan fingerprint density at radius 3 is 2.89 bits per heavy atom. The Morgan fingerprint density at radius 2 is 2.21 bits per heavy atom. The second kappa shape index (κ2) is 5.61. The van der Waals surface area contributed by atoms with E-state index in [1.54, 1.807) is 0 Å². The fourth-order valence-corrected chi connectivity index (χ4v) is 3.20. The van der Waals surface area contributed by atoms with Gasteiger partial charge in [-0.15, -0.1) is 0 Å². The van der Waals surface area contributed by atoms with E-state index >= 15 is 0 Å². The third kappa shape index (κ3) is 2.83. The average molecular weight is 260 g/mol. The SMILES string of the molecule is CNCC1OCCN(C2CC2)C1c1cccc(C)c1. The van der Waals surface area contributed by atoms with Crippen molar-refractivity contribution in [3.8, 4) is 0 Å². The van der Waals surface area contributed by atoms with Crippen LogP contribution in [0.25, 0.3) is 0 Å². The molecule has 2 atom stereocenters. The smallest absolute Gasteiger partial charge is 0.0896 e. The number of nitrogens with one attached hydrogen (secondary N) is 1. The summed E-state index contributed by atoms with van der Waals surface area (Å²) >= 11 is 0. The van der Waals surface area contributed by atoms with Gasteiger partial charge in [0.15, 0.2) is 0 Å². The maximum atomic E-state index is 6.03. The fraction of sp³-hybridized carbons (Fsp3) is 0.625. The van der Waals surface area contributed by atoms with Gasteiger partial charge in [0, 0.05) is 19.1 Å². The first-order valence-corrected chi connectivity index (χ1v) is 7.38. The fourth-order valence-electron chi connectivity index (χ4n) is 3.20. The summed E-state index contributed by atoms with van der Waals surface area (Å²) in [5.74, 6) is 0. The van der Waals surface area contributed by atoms with Crippen molar-refractivity contribution in [2.75, 3.05) is 26.7 Å². The molecular weight excluding hydrogens is 236 g/mol. The number of benzene rings is 1. The van der Waals surface area contributed by atoms with Crippen LogP contribution >= 0.6 is 0 Å². The van der Waals surface area contributed by atoms with E-state index in [1.807, 2.05) is 7.05 Å². The highest BCUT2D eigenvalue weighted by atomic mass is 16.5. The van der Waals surface area contributed by atoms with Crippen LogP contribution < -0.4 is 5.32 Å². The van der Waals surface area contributed by atoms with Crippen molar-refractivity contribution >= 4 is 0 Å². The van der Waals surface area contributed by atoms with Crippen LogP contribution in [0.15, 0.2) is 24.3 Å². The molecule has 1 aromatic rings. The Bertz CT molecular complexity index is 429. The Kier molecular flexibility index (Phi) is 3.87. The van der Waals surface area contributed by atoms with Gasteiger partial charge in [0.2, 0.25) is 0 Å². The van der Waals surface area contributed by atoms with Crippen LogP contribution in [0, 0.1) is 6.92 Å². The normalized spacial score (nSPS) is 28.5. The van der Waals surface area contributed by atoms with Crippen LogP contribution in [0.1, 0.15) is 30.0 Å². The molecule has 3 heteroatoms. The Balaban J connectivity index is 1.89. The summed E-state index contributed by atoms with van der Waals surface area (Å²) < 4.78 is 6.03. The zero-order valence-corrected chi connectivity index (χ0v) is 11.9. The monoisotopic (exact) mass is 260 g/mol. The van der Waals surface area contributed by atoms with Crippen molar-refractivity contribution in [2.24, 2.45) is 0 Å². The highest BCUT2D eigenvalue weighted by Crippen LogP contribution is 2.38. The van der Waals surface area contributed by atoms with Gasteiger partial charge in [0.05, 0.1) is 18.8 Å². The molecule has 1 saturated carbocycles. The third-order valence-corrected chi connectivity index (χ3v) is 4.20. The molecular formula is C16H24N2O.